The van der Waals surface area contributed by atoms with E-state index in [4.69, 9.17) is 24.9 Å². The minimum absolute atomic E-state index is 0.123. The normalized spacial score (nSPS) is 14.3. The van der Waals surface area contributed by atoms with Crippen molar-refractivity contribution in [2.45, 2.75) is 19.8 Å². The Labute approximate surface area is 88.5 Å². The van der Waals surface area contributed by atoms with E-state index in [-0.39, 0.29) is 6.42 Å². The summed E-state index contributed by atoms with van der Waals surface area (Å²) < 4.78 is 4.95. The second-order valence-electron chi connectivity index (χ2n) is 3.64. The zero-order valence-corrected chi connectivity index (χ0v) is 9.69. The molecule has 0 amide bonds. The number of carbonyl (C=O) groups excluding carboxylic acids is 1. The monoisotopic (exact) mass is 242 g/mol. The molecule has 92 valence electrons. The quantitative estimate of drug-likeness (QED) is 0.452. The van der Waals surface area contributed by atoms with Gasteiger partial charge in [-0.25, -0.2) is 0 Å². The second kappa shape index (κ2) is 5.72. The van der Waals surface area contributed by atoms with Gasteiger partial charge in [0.25, 0.3) is 0 Å². The van der Waals surface area contributed by atoms with Crippen LogP contribution < -0.4 is 0 Å². The van der Waals surface area contributed by atoms with Gasteiger partial charge < -0.3 is 0 Å². The Bertz CT molecular complexity index is 192. The molecule has 0 spiro atoms. The molecule has 0 bridgehead atoms. The molecule has 0 aromatic rings. The van der Waals surface area contributed by atoms with E-state index in [1.807, 2.05) is 0 Å². The summed E-state index contributed by atoms with van der Waals surface area (Å²) in [5.74, 6) is -0.624. The van der Waals surface area contributed by atoms with Crippen LogP contribution in [0.5, 0.6) is 0 Å². The Balaban J connectivity index is 4.85. The summed E-state index contributed by atoms with van der Waals surface area (Å²) in [6.07, 6.45) is -2.19. The topological polar surface area (TPSA) is 107 Å². The third kappa shape index (κ3) is 3.09. The van der Waals surface area contributed by atoms with Crippen molar-refractivity contribution in [2.24, 2.45) is 0 Å². The van der Waals surface area contributed by atoms with Crippen LogP contribution in [0.1, 0.15) is 19.8 Å². The van der Waals surface area contributed by atoms with E-state index in [2.05, 4.69) is 0 Å². The Morgan fingerprint density at radius 2 is 1.47 bits per heavy atom. The van der Waals surface area contributed by atoms with Gasteiger partial charge in [0, 0.05) is 0 Å². The van der Waals surface area contributed by atoms with Gasteiger partial charge >= 0.3 is 87.7 Å². The Hall–Kier alpha value is -0.260. The van der Waals surface area contributed by atoms with Crippen molar-refractivity contribution in [3.63, 3.8) is 0 Å². The first-order chi connectivity index (χ1) is 7.01. The number of aliphatic hydroxyl groups is 4. The van der Waals surface area contributed by atoms with Crippen molar-refractivity contribution in [2.75, 3.05) is 25.4 Å². The zero-order chi connectivity index (χ0) is 12.0. The summed E-state index contributed by atoms with van der Waals surface area (Å²) in [6, 6.07) is 0. The first kappa shape index (κ1) is 14.7. The third-order valence-electron chi connectivity index (χ3n) is 2.25. The van der Waals surface area contributed by atoms with Crippen molar-refractivity contribution >= 4 is 12.8 Å². The van der Waals surface area contributed by atoms with E-state index in [1.165, 1.54) is 0 Å². The number of aliphatic hydroxyl groups excluding tert-OH is 4. The first-order valence-corrected chi connectivity index (χ1v) is 7.58. The average molecular weight is 242 g/mol. The summed E-state index contributed by atoms with van der Waals surface area (Å²) in [5, 5.41) is 36.6. The van der Waals surface area contributed by atoms with E-state index in [0.717, 1.165) is 0 Å². The predicted molar refractivity (Wildman–Crippen MR) is 56.3 cm³/mol. The molecule has 0 saturated carbocycles. The molecule has 0 aliphatic rings. The fraction of sp³-hybridized carbons (Fsp3) is 0.875. The fourth-order valence-corrected chi connectivity index (χ4v) is 2.36. The van der Waals surface area contributed by atoms with Crippen molar-refractivity contribution in [1.82, 2.24) is 0 Å². The summed E-state index contributed by atoms with van der Waals surface area (Å²) in [6.45, 7) is -2.17. The first-order valence-electron chi connectivity index (χ1n) is 4.68. The summed E-state index contributed by atoms with van der Waals surface area (Å²) in [7, 11) is 0. The van der Waals surface area contributed by atoms with Crippen molar-refractivity contribution in [1.29, 1.82) is 0 Å². The van der Waals surface area contributed by atoms with Gasteiger partial charge in [0.2, 0.25) is 0 Å². The Morgan fingerprint density at radius 1 is 1.07 bits per heavy atom. The molecule has 0 radical (unpaired) electrons. The van der Waals surface area contributed by atoms with Gasteiger partial charge in [-0.1, -0.05) is 0 Å². The van der Waals surface area contributed by atoms with Crippen LogP contribution in [-0.2, 0) is 9.32 Å². The number of hydrogen-bond acceptors (Lipinski definition) is 6. The zero-order valence-electron chi connectivity index (χ0n) is 8.80. The maximum absolute atomic E-state index is 11.3. The van der Waals surface area contributed by atoms with Crippen molar-refractivity contribution < 1.29 is 29.7 Å². The molecular formula is C8H19O6P. The fourth-order valence-electron chi connectivity index (χ4n) is 0.922. The van der Waals surface area contributed by atoms with Crippen LogP contribution in [0.2, 0.25) is 0 Å². The molecule has 0 saturated heterocycles. The van der Waals surface area contributed by atoms with Crippen LogP contribution >= 0.6 is 6.83 Å². The third-order valence-corrected chi connectivity index (χ3v) is 5.83. The van der Waals surface area contributed by atoms with Crippen LogP contribution in [0.25, 0.3) is 0 Å². The average Bonchev–Trinajstić information content (AvgIpc) is 2.27. The van der Waals surface area contributed by atoms with Gasteiger partial charge in [-0.2, -0.15) is 0 Å². The van der Waals surface area contributed by atoms with Crippen molar-refractivity contribution in [3.05, 3.63) is 0 Å². The molecule has 0 rings (SSSR count). The number of carbonyl (C=O) groups is 1. The minimum atomic E-state index is -3.94. The van der Waals surface area contributed by atoms with Crippen LogP contribution in [0.15, 0.2) is 0 Å². The second-order valence-corrected chi connectivity index (χ2v) is 8.67. The molecule has 15 heavy (non-hydrogen) atoms. The summed E-state index contributed by atoms with van der Waals surface area (Å²) in [5.41, 5.74) is 0. The summed E-state index contributed by atoms with van der Waals surface area (Å²) in [4.78, 5) is 11.3. The van der Waals surface area contributed by atoms with Crippen molar-refractivity contribution in [3.8, 4) is 0 Å². The van der Waals surface area contributed by atoms with Crippen LogP contribution in [-0.4, -0.2) is 51.8 Å². The molecule has 0 aromatic heterocycles. The van der Waals surface area contributed by atoms with Gasteiger partial charge in [-0.05, 0) is 0 Å². The SMILES string of the molecule is CCCC(=O)OP(CO)(CO)(CO)CO. The van der Waals surface area contributed by atoms with Crippen LogP contribution in [0, 0.1) is 0 Å². The van der Waals surface area contributed by atoms with Crippen LogP contribution in [0.4, 0.5) is 0 Å². The molecule has 4 N–H and O–H groups in total. The molecule has 0 aliphatic heterocycles. The number of hydrogen-bond donors (Lipinski definition) is 4. The standard InChI is InChI=1S/C8H19O6P/c1-2-3-8(13)14-15(4-9,5-10,6-11)7-12/h9-12H,2-7H2,1H3. The van der Waals surface area contributed by atoms with E-state index < -0.39 is 38.2 Å². The molecular weight excluding hydrogens is 223 g/mol. The molecule has 0 heterocycles. The van der Waals surface area contributed by atoms with Gasteiger partial charge in [0.1, 0.15) is 0 Å². The predicted octanol–water partition coefficient (Wildman–Crippen LogP) is -0.403. The van der Waals surface area contributed by atoms with Gasteiger partial charge in [-0.15, -0.1) is 0 Å². The molecule has 0 unspecified atom stereocenters. The summed E-state index contributed by atoms with van der Waals surface area (Å²) >= 11 is 0. The number of rotatable bonds is 7. The van der Waals surface area contributed by atoms with Gasteiger partial charge in [0.15, 0.2) is 0 Å². The van der Waals surface area contributed by atoms with E-state index in [1.54, 1.807) is 6.92 Å². The Morgan fingerprint density at radius 3 is 1.73 bits per heavy atom. The van der Waals surface area contributed by atoms with E-state index in [9.17, 15) is 4.79 Å². The van der Waals surface area contributed by atoms with Gasteiger partial charge in [-0.3, -0.25) is 0 Å². The van der Waals surface area contributed by atoms with E-state index >= 15 is 0 Å². The van der Waals surface area contributed by atoms with Crippen LogP contribution in [0.3, 0.4) is 0 Å². The van der Waals surface area contributed by atoms with Gasteiger partial charge in [0.05, 0.1) is 0 Å². The Kier molecular flexibility index (Phi) is 5.62. The molecule has 7 heteroatoms. The maximum atomic E-state index is 11.3. The molecule has 0 fully saturated rings. The molecule has 0 aromatic carbocycles. The molecule has 0 aliphatic carbocycles. The molecule has 0 atom stereocenters. The molecule has 6 nitrogen and oxygen atoms in total. The van der Waals surface area contributed by atoms with E-state index in [0.29, 0.717) is 6.42 Å².